The van der Waals surface area contributed by atoms with Crippen LogP contribution in [0.15, 0.2) is 0 Å². The zero-order chi connectivity index (χ0) is 14.7. The largest absolute Gasteiger partial charge is 0.352 e. The molecule has 2 heterocycles. The SMILES string of the molecule is CC1CC(C)CN(CC(C)NC(=O)C(C)C2CNC2)C1.Cl.Cl. The lowest BCUT2D eigenvalue weighted by molar-refractivity contribution is -0.127. The van der Waals surface area contributed by atoms with Crippen LogP contribution in [0.2, 0.25) is 0 Å². The molecule has 2 fully saturated rings. The highest BCUT2D eigenvalue weighted by atomic mass is 35.5. The van der Waals surface area contributed by atoms with E-state index in [0.29, 0.717) is 5.92 Å². The number of carbonyl (C=O) groups is 1. The molecular weight excluding hydrogens is 321 g/mol. The number of amides is 1. The average Bonchev–Trinajstić information content (AvgIpc) is 2.24. The standard InChI is InChI=1S/C16H31N3O.2ClH/c1-11-5-12(2)9-19(8-11)10-13(3)18-16(20)14(4)15-6-17-7-15;;/h11-15,17H,5-10H2,1-4H3,(H,18,20);2*1H. The summed E-state index contributed by atoms with van der Waals surface area (Å²) in [4.78, 5) is 14.7. The van der Waals surface area contributed by atoms with Crippen LogP contribution in [0, 0.1) is 23.7 Å². The van der Waals surface area contributed by atoms with Crippen LogP contribution >= 0.6 is 24.8 Å². The quantitative estimate of drug-likeness (QED) is 0.795. The minimum atomic E-state index is 0. The molecule has 6 heteroatoms. The van der Waals surface area contributed by atoms with Crippen molar-refractivity contribution in [1.29, 1.82) is 0 Å². The molecular formula is C16H33Cl2N3O. The van der Waals surface area contributed by atoms with Crippen LogP contribution in [0.1, 0.15) is 34.1 Å². The van der Waals surface area contributed by atoms with Crippen molar-refractivity contribution in [2.45, 2.75) is 40.2 Å². The van der Waals surface area contributed by atoms with Crippen LogP contribution < -0.4 is 10.6 Å². The Balaban J connectivity index is 0.00000220. The van der Waals surface area contributed by atoms with Crippen LogP contribution in [-0.4, -0.2) is 49.6 Å². The molecule has 1 amide bonds. The van der Waals surface area contributed by atoms with E-state index in [-0.39, 0.29) is 42.7 Å². The molecule has 132 valence electrons. The van der Waals surface area contributed by atoms with Gasteiger partial charge in [0.15, 0.2) is 0 Å². The first-order chi connectivity index (χ1) is 9.45. The molecule has 0 aromatic rings. The minimum Gasteiger partial charge on any atom is -0.352 e. The van der Waals surface area contributed by atoms with Crippen molar-refractivity contribution in [2.24, 2.45) is 23.7 Å². The van der Waals surface area contributed by atoms with E-state index in [1.807, 2.05) is 0 Å². The topological polar surface area (TPSA) is 44.4 Å². The highest BCUT2D eigenvalue weighted by molar-refractivity contribution is 5.85. The van der Waals surface area contributed by atoms with Gasteiger partial charge < -0.3 is 15.5 Å². The number of rotatable bonds is 5. The van der Waals surface area contributed by atoms with Crippen LogP contribution in [0.5, 0.6) is 0 Å². The van der Waals surface area contributed by atoms with Crippen molar-refractivity contribution < 1.29 is 4.79 Å². The van der Waals surface area contributed by atoms with Gasteiger partial charge in [-0.25, -0.2) is 0 Å². The second-order valence-electron chi connectivity index (χ2n) is 7.28. The maximum Gasteiger partial charge on any atom is 0.223 e. The fraction of sp³-hybridized carbons (Fsp3) is 0.938. The van der Waals surface area contributed by atoms with Gasteiger partial charge >= 0.3 is 0 Å². The highest BCUT2D eigenvalue weighted by Crippen LogP contribution is 2.21. The Morgan fingerprint density at radius 2 is 1.73 bits per heavy atom. The fourth-order valence-corrected chi connectivity index (χ4v) is 3.63. The number of halogens is 2. The number of nitrogens with zero attached hydrogens (tertiary/aromatic N) is 1. The third-order valence-electron chi connectivity index (χ3n) is 4.80. The molecule has 2 saturated heterocycles. The van der Waals surface area contributed by atoms with Gasteiger partial charge in [0.1, 0.15) is 0 Å². The van der Waals surface area contributed by atoms with Gasteiger partial charge in [0.25, 0.3) is 0 Å². The van der Waals surface area contributed by atoms with Gasteiger partial charge in [-0.3, -0.25) is 4.79 Å². The number of hydrogen-bond donors (Lipinski definition) is 2. The molecule has 0 radical (unpaired) electrons. The monoisotopic (exact) mass is 353 g/mol. The van der Waals surface area contributed by atoms with Crippen molar-refractivity contribution in [1.82, 2.24) is 15.5 Å². The molecule has 2 N–H and O–H groups in total. The predicted molar refractivity (Wildman–Crippen MR) is 97.0 cm³/mol. The van der Waals surface area contributed by atoms with Crippen molar-refractivity contribution in [3.8, 4) is 0 Å². The summed E-state index contributed by atoms with van der Waals surface area (Å²) in [6.07, 6.45) is 1.34. The summed E-state index contributed by atoms with van der Waals surface area (Å²) in [7, 11) is 0. The van der Waals surface area contributed by atoms with Crippen LogP contribution in [0.3, 0.4) is 0 Å². The molecule has 0 aromatic carbocycles. The Hall–Kier alpha value is -0.0300. The molecule has 22 heavy (non-hydrogen) atoms. The maximum atomic E-state index is 12.2. The second kappa shape index (κ2) is 9.96. The third-order valence-corrected chi connectivity index (χ3v) is 4.80. The Bertz CT molecular complexity index is 329. The minimum absolute atomic E-state index is 0. The zero-order valence-corrected chi connectivity index (χ0v) is 15.9. The first-order valence-corrected chi connectivity index (χ1v) is 8.19. The lowest BCUT2D eigenvalue weighted by Crippen LogP contribution is -2.52. The summed E-state index contributed by atoms with van der Waals surface area (Å²) < 4.78 is 0. The molecule has 2 rings (SSSR count). The van der Waals surface area contributed by atoms with Crippen LogP contribution in [0.4, 0.5) is 0 Å². The van der Waals surface area contributed by atoms with E-state index in [0.717, 1.165) is 31.5 Å². The Kier molecular flexibility index (Phi) is 9.95. The summed E-state index contributed by atoms with van der Waals surface area (Å²) in [5.74, 6) is 2.44. The van der Waals surface area contributed by atoms with Crippen molar-refractivity contribution in [3.05, 3.63) is 0 Å². The molecule has 0 aliphatic carbocycles. The third kappa shape index (κ3) is 6.23. The molecule has 0 spiro atoms. The summed E-state index contributed by atoms with van der Waals surface area (Å²) >= 11 is 0. The van der Waals surface area contributed by atoms with Crippen LogP contribution in [-0.2, 0) is 4.79 Å². The second-order valence-corrected chi connectivity index (χ2v) is 7.28. The van der Waals surface area contributed by atoms with Gasteiger partial charge in [0.2, 0.25) is 5.91 Å². The van der Waals surface area contributed by atoms with E-state index in [1.165, 1.54) is 19.5 Å². The maximum absolute atomic E-state index is 12.2. The van der Waals surface area contributed by atoms with Crippen molar-refractivity contribution >= 4 is 30.7 Å². The summed E-state index contributed by atoms with van der Waals surface area (Å²) in [6.45, 7) is 14.2. The van der Waals surface area contributed by atoms with E-state index in [4.69, 9.17) is 0 Å². The van der Waals surface area contributed by atoms with E-state index in [2.05, 4.69) is 43.2 Å². The number of piperidine rings is 1. The molecule has 2 aliphatic rings. The van der Waals surface area contributed by atoms with Crippen molar-refractivity contribution in [3.63, 3.8) is 0 Å². The van der Waals surface area contributed by atoms with E-state index < -0.39 is 0 Å². The Morgan fingerprint density at radius 3 is 2.18 bits per heavy atom. The summed E-state index contributed by atoms with van der Waals surface area (Å²) in [5, 5.41) is 6.43. The first kappa shape index (κ1) is 22.0. The lowest BCUT2D eigenvalue weighted by Gasteiger charge is -2.37. The highest BCUT2D eigenvalue weighted by Gasteiger charge is 2.30. The smallest absolute Gasteiger partial charge is 0.223 e. The molecule has 4 nitrogen and oxygen atoms in total. The number of carbonyl (C=O) groups excluding carboxylic acids is 1. The van der Waals surface area contributed by atoms with Crippen LogP contribution in [0.25, 0.3) is 0 Å². The van der Waals surface area contributed by atoms with Gasteiger partial charge in [-0.15, -0.1) is 24.8 Å². The summed E-state index contributed by atoms with van der Waals surface area (Å²) in [6, 6.07) is 0.246. The zero-order valence-electron chi connectivity index (χ0n) is 14.3. The number of likely N-dealkylation sites (tertiary alicyclic amines) is 1. The first-order valence-electron chi connectivity index (χ1n) is 8.19. The lowest BCUT2D eigenvalue weighted by atomic mass is 9.88. The van der Waals surface area contributed by atoms with Gasteiger partial charge in [0, 0.05) is 31.6 Å². The van der Waals surface area contributed by atoms with E-state index >= 15 is 0 Å². The molecule has 0 aromatic heterocycles. The molecule has 0 bridgehead atoms. The fourth-order valence-electron chi connectivity index (χ4n) is 3.63. The van der Waals surface area contributed by atoms with E-state index in [1.54, 1.807) is 0 Å². The van der Waals surface area contributed by atoms with Gasteiger partial charge in [-0.05, 0) is 44.2 Å². The number of hydrogen-bond acceptors (Lipinski definition) is 3. The van der Waals surface area contributed by atoms with Crippen molar-refractivity contribution in [2.75, 3.05) is 32.7 Å². The van der Waals surface area contributed by atoms with E-state index in [9.17, 15) is 4.79 Å². The summed E-state index contributed by atoms with van der Waals surface area (Å²) in [5.41, 5.74) is 0. The molecule has 2 aliphatic heterocycles. The van der Waals surface area contributed by atoms with Gasteiger partial charge in [-0.1, -0.05) is 20.8 Å². The van der Waals surface area contributed by atoms with Gasteiger partial charge in [0.05, 0.1) is 0 Å². The predicted octanol–water partition coefficient (Wildman–Crippen LogP) is 2.17. The van der Waals surface area contributed by atoms with Gasteiger partial charge in [-0.2, -0.15) is 0 Å². The normalized spacial score (nSPS) is 28.5. The molecule has 4 atom stereocenters. The molecule has 0 saturated carbocycles. The Labute approximate surface area is 148 Å². The molecule has 4 unspecified atom stereocenters. The Morgan fingerprint density at radius 1 is 1.18 bits per heavy atom. The average molecular weight is 354 g/mol. The number of nitrogens with one attached hydrogen (secondary N) is 2.